The van der Waals surface area contributed by atoms with Crippen molar-refractivity contribution < 1.29 is 14.3 Å². The third-order valence-corrected chi connectivity index (χ3v) is 3.35. The van der Waals surface area contributed by atoms with Crippen molar-refractivity contribution >= 4 is 22.6 Å². The lowest BCUT2D eigenvalue weighted by Crippen LogP contribution is -2.46. The molecule has 0 aliphatic heterocycles. The number of nitrogens with one attached hydrogen (secondary N) is 2. The predicted molar refractivity (Wildman–Crippen MR) is 92.3 cm³/mol. The lowest BCUT2D eigenvalue weighted by Gasteiger charge is -2.23. The minimum atomic E-state index is -1.02. The summed E-state index contributed by atoms with van der Waals surface area (Å²) in [6.45, 7) is 6.35. The van der Waals surface area contributed by atoms with Crippen molar-refractivity contribution in [3.05, 3.63) is 45.0 Å². The second-order valence-electron chi connectivity index (χ2n) is 6.75. The van der Waals surface area contributed by atoms with E-state index in [1.165, 1.54) is 19.1 Å². The summed E-state index contributed by atoms with van der Waals surface area (Å²) in [7, 11) is 0. The quantitative estimate of drug-likeness (QED) is 0.784. The number of rotatable bonds is 4. The SMILES string of the molecule is CC(OC(=O)Cn1[nH]c(=O)c2ccccc2c1=O)C(=O)NC(C)(C)C. The fourth-order valence-corrected chi connectivity index (χ4v) is 2.25. The van der Waals surface area contributed by atoms with Gasteiger partial charge in [0.1, 0.15) is 6.54 Å². The van der Waals surface area contributed by atoms with Crippen LogP contribution in [0.5, 0.6) is 0 Å². The van der Waals surface area contributed by atoms with Gasteiger partial charge in [0.25, 0.3) is 17.0 Å². The molecule has 8 heteroatoms. The molecule has 0 bridgehead atoms. The van der Waals surface area contributed by atoms with Gasteiger partial charge in [0.2, 0.25) is 0 Å². The van der Waals surface area contributed by atoms with E-state index in [4.69, 9.17) is 4.74 Å². The number of ether oxygens (including phenoxy) is 1. The second-order valence-corrected chi connectivity index (χ2v) is 6.75. The highest BCUT2D eigenvalue weighted by Gasteiger charge is 2.22. The molecule has 1 amide bonds. The Morgan fingerprint density at radius 1 is 1.20 bits per heavy atom. The predicted octanol–water partition coefficient (Wildman–Crippen LogP) is 0.536. The summed E-state index contributed by atoms with van der Waals surface area (Å²) < 4.78 is 5.91. The first kappa shape index (κ1) is 18.4. The standard InChI is InChI=1S/C17H21N3O5/c1-10(14(22)18-17(2,3)4)25-13(21)9-20-16(24)12-8-6-5-7-11(12)15(23)19-20/h5-8,10H,9H2,1-4H3,(H,18,22)(H,19,23). The first-order valence-electron chi connectivity index (χ1n) is 7.82. The molecule has 25 heavy (non-hydrogen) atoms. The number of aromatic nitrogens is 2. The summed E-state index contributed by atoms with van der Waals surface area (Å²) in [5.41, 5.74) is -1.46. The van der Waals surface area contributed by atoms with E-state index in [2.05, 4.69) is 10.4 Å². The van der Waals surface area contributed by atoms with Gasteiger partial charge < -0.3 is 10.1 Å². The van der Waals surface area contributed by atoms with Crippen molar-refractivity contribution in [3.8, 4) is 0 Å². The summed E-state index contributed by atoms with van der Waals surface area (Å²) in [4.78, 5) is 48.3. The molecule has 2 aromatic rings. The van der Waals surface area contributed by atoms with Gasteiger partial charge >= 0.3 is 5.97 Å². The Kier molecular flexibility index (Phi) is 5.10. The normalized spacial score (nSPS) is 12.6. The zero-order chi connectivity index (χ0) is 18.8. The average molecular weight is 347 g/mol. The van der Waals surface area contributed by atoms with Crippen LogP contribution >= 0.6 is 0 Å². The molecule has 0 radical (unpaired) electrons. The number of amides is 1. The summed E-state index contributed by atoms with van der Waals surface area (Å²) in [6, 6.07) is 6.31. The van der Waals surface area contributed by atoms with Crippen LogP contribution in [0.3, 0.4) is 0 Å². The number of nitrogens with zero attached hydrogens (tertiary/aromatic N) is 1. The van der Waals surface area contributed by atoms with Gasteiger partial charge in [-0.2, -0.15) is 0 Å². The van der Waals surface area contributed by atoms with Crippen LogP contribution in [-0.4, -0.2) is 33.3 Å². The van der Waals surface area contributed by atoms with Crippen LogP contribution in [-0.2, 0) is 20.9 Å². The number of benzene rings is 1. The maximum absolute atomic E-state index is 12.3. The first-order valence-corrected chi connectivity index (χ1v) is 7.82. The first-order chi connectivity index (χ1) is 11.6. The molecular weight excluding hydrogens is 326 g/mol. The molecule has 8 nitrogen and oxygen atoms in total. The smallest absolute Gasteiger partial charge is 0.328 e. The number of carbonyl (C=O) groups is 2. The molecule has 0 saturated carbocycles. The number of H-pyrrole nitrogens is 1. The summed E-state index contributed by atoms with van der Waals surface area (Å²) >= 11 is 0. The zero-order valence-corrected chi connectivity index (χ0v) is 14.6. The van der Waals surface area contributed by atoms with Crippen LogP contribution in [0.4, 0.5) is 0 Å². The van der Waals surface area contributed by atoms with Crippen molar-refractivity contribution in [1.29, 1.82) is 0 Å². The van der Waals surface area contributed by atoms with E-state index in [9.17, 15) is 19.2 Å². The number of hydrogen-bond acceptors (Lipinski definition) is 5. The van der Waals surface area contributed by atoms with Gasteiger partial charge in [-0.25, -0.2) is 4.68 Å². The molecule has 0 spiro atoms. The highest BCUT2D eigenvalue weighted by Crippen LogP contribution is 2.04. The molecule has 0 fully saturated rings. The molecule has 0 aliphatic rings. The van der Waals surface area contributed by atoms with E-state index >= 15 is 0 Å². The Balaban J connectivity index is 2.15. The summed E-state index contributed by atoms with van der Waals surface area (Å²) in [5.74, 6) is -1.25. The fourth-order valence-electron chi connectivity index (χ4n) is 2.25. The van der Waals surface area contributed by atoms with E-state index in [1.54, 1.807) is 32.9 Å². The molecule has 134 valence electrons. The molecule has 1 unspecified atom stereocenters. The molecule has 1 aromatic heterocycles. The monoisotopic (exact) mass is 347 g/mol. The van der Waals surface area contributed by atoms with Crippen LogP contribution in [0.2, 0.25) is 0 Å². The van der Waals surface area contributed by atoms with Crippen LogP contribution in [0.25, 0.3) is 10.8 Å². The lowest BCUT2D eigenvalue weighted by molar-refractivity contribution is -0.156. The van der Waals surface area contributed by atoms with Gasteiger partial charge in [0, 0.05) is 5.54 Å². The van der Waals surface area contributed by atoms with Crippen molar-refractivity contribution in [2.75, 3.05) is 0 Å². The van der Waals surface area contributed by atoms with E-state index < -0.39 is 41.2 Å². The van der Waals surface area contributed by atoms with Gasteiger partial charge in [-0.3, -0.25) is 24.3 Å². The number of carbonyl (C=O) groups excluding carboxylic acids is 2. The average Bonchev–Trinajstić information content (AvgIpc) is 2.50. The van der Waals surface area contributed by atoms with Crippen LogP contribution in [0.1, 0.15) is 27.7 Å². The Bertz CT molecular complexity index is 920. The summed E-state index contributed by atoms with van der Waals surface area (Å²) in [5, 5.41) is 5.48. The van der Waals surface area contributed by atoms with Gasteiger partial charge in [0.15, 0.2) is 6.10 Å². The molecule has 2 N–H and O–H groups in total. The third kappa shape index (κ3) is 4.56. The van der Waals surface area contributed by atoms with Crippen molar-refractivity contribution in [1.82, 2.24) is 15.1 Å². The molecule has 1 atom stereocenters. The van der Waals surface area contributed by atoms with Crippen molar-refractivity contribution in [2.45, 2.75) is 45.9 Å². The van der Waals surface area contributed by atoms with Gasteiger partial charge in [-0.15, -0.1) is 0 Å². The summed E-state index contributed by atoms with van der Waals surface area (Å²) in [6.07, 6.45) is -1.02. The van der Waals surface area contributed by atoms with Gasteiger partial charge in [-0.1, -0.05) is 12.1 Å². The number of hydrogen-bond donors (Lipinski definition) is 2. The maximum atomic E-state index is 12.3. The number of aromatic amines is 1. The molecule has 1 heterocycles. The molecule has 1 aromatic carbocycles. The van der Waals surface area contributed by atoms with Crippen LogP contribution in [0.15, 0.2) is 33.9 Å². The fraction of sp³-hybridized carbons (Fsp3) is 0.412. The highest BCUT2D eigenvalue weighted by molar-refractivity contribution is 5.84. The Labute approximate surface area is 143 Å². The van der Waals surface area contributed by atoms with E-state index in [-0.39, 0.29) is 10.8 Å². The van der Waals surface area contributed by atoms with Crippen molar-refractivity contribution in [2.24, 2.45) is 0 Å². The third-order valence-electron chi connectivity index (χ3n) is 3.35. The Morgan fingerprint density at radius 2 is 1.80 bits per heavy atom. The van der Waals surface area contributed by atoms with Crippen LogP contribution in [0, 0.1) is 0 Å². The molecular formula is C17H21N3O5. The van der Waals surface area contributed by atoms with Gasteiger partial charge in [0.05, 0.1) is 10.8 Å². The lowest BCUT2D eigenvalue weighted by atomic mass is 10.1. The van der Waals surface area contributed by atoms with Gasteiger partial charge in [-0.05, 0) is 39.8 Å². The Morgan fingerprint density at radius 3 is 2.40 bits per heavy atom. The number of fused-ring (bicyclic) bond motifs is 1. The minimum absolute atomic E-state index is 0.206. The highest BCUT2D eigenvalue weighted by atomic mass is 16.5. The van der Waals surface area contributed by atoms with E-state index in [0.717, 1.165) is 4.68 Å². The zero-order valence-electron chi connectivity index (χ0n) is 14.6. The van der Waals surface area contributed by atoms with E-state index in [0.29, 0.717) is 0 Å². The maximum Gasteiger partial charge on any atom is 0.328 e. The Hall–Kier alpha value is -2.90. The topological polar surface area (TPSA) is 110 Å². The minimum Gasteiger partial charge on any atom is -0.451 e. The molecule has 2 rings (SSSR count). The number of esters is 1. The van der Waals surface area contributed by atoms with Crippen molar-refractivity contribution in [3.63, 3.8) is 0 Å². The molecule has 0 saturated heterocycles. The second kappa shape index (κ2) is 6.92. The largest absolute Gasteiger partial charge is 0.451 e. The molecule has 0 aliphatic carbocycles. The van der Waals surface area contributed by atoms with E-state index in [1.807, 2.05) is 0 Å². The van der Waals surface area contributed by atoms with Crippen LogP contribution < -0.4 is 16.4 Å².